The Labute approximate surface area is 129 Å². The van der Waals surface area contributed by atoms with Gasteiger partial charge in [0.25, 0.3) is 5.91 Å². The minimum atomic E-state index is -0.289. The van der Waals surface area contributed by atoms with Crippen LogP contribution < -0.4 is 10.1 Å². The number of halogens is 2. The molecule has 2 aromatic rings. The second-order valence-electron chi connectivity index (χ2n) is 3.66. The standard InChI is InChI=1S/C13H10ClIN2O2/c1-19-12-6-11(15)10(14)5-9(12)13(18)17-8-3-2-4-16-7-8/h2-7H,1H3,(H,17,18). The SMILES string of the molecule is COc1cc(I)c(Cl)cc1C(=O)Nc1cccnc1. The van der Waals surface area contributed by atoms with Gasteiger partial charge in [-0.25, -0.2) is 0 Å². The molecule has 1 aromatic carbocycles. The van der Waals surface area contributed by atoms with Crippen molar-refractivity contribution in [3.8, 4) is 5.75 Å². The van der Waals surface area contributed by atoms with Crippen molar-refractivity contribution in [3.05, 3.63) is 50.8 Å². The first-order valence-electron chi connectivity index (χ1n) is 5.36. The monoisotopic (exact) mass is 388 g/mol. The Morgan fingerprint density at radius 3 is 2.89 bits per heavy atom. The van der Waals surface area contributed by atoms with E-state index >= 15 is 0 Å². The molecular weight excluding hydrogens is 379 g/mol. The molecule has 1 aromatic heterocycles. The molecule has 0 saturated heterocycles. The van der Waals surface area contributed by atoms with Crippen LogP contribution in [0.15, 0.2) is 36.7 Å². The van der Waals surface area contributed by atoms with Crippen molar-refractivity contribution >= 4 is 45.8 Å². The van der Waals surface area contributed by atoms with Gasteiger partial charge in [0.2, 0.25) is 0 Å². The van der Waals surface area contributed by atoms with Gasteiger partial charge in [-0.1, -0.05) is 11.6 Å². The highest BCUT2D eigenvalue weighted by Crippen LogP contribution is 2.28. The molecule has 0 atom stereocenters. The Morgan fingerprint density at radius 2 is 2.26 bits per heavy atom. The number of carbonyl (C=O) groups is 1. The van der Waals surface area contributed by atoms with Crippen LogP contribution in [0.25, 0.3) is 0 Å². The first kappa shape index (κ1) is 14.1. The van der Waals surface area contributed by atoms with Crippen LogP contribution in [0.2, 0.25) is 5.02 Å². The van der Waals surface area contributed by atoms with Gasteiger partial charge in [-0.3, -0.25) is 9.78 Å². The Balaban J connectivity index is 2.31. The van der Waals surface area contributed by atoms with Gasteiger partial charge in [0, 0.05) is 9.77 Å². The third kappa shape index (κ3) is 3.36. The molecule has 0 spiro atoms. The van der Waals surface area contributed by atoms with Crippen LogP contribution in [0.3, 0.4) is 0 Å². The van der Waals surface area contributed by atoms with Crippen molar-refractivity contribution in [2.45, 2.75) is 0 Å². The van der Waals surface area contributed by atoms with Gasteiger partial charge < -0.3 is 10.1 Å². The van der Waals surface area contributed by atoms with Crippen LogP contribution in [-0.2, 0) is 0 Å². The molecule has 0 aliphatic carbocycles. The summed E-state index contributed by atoms with van der Waals surface area (Å²) in [5, 5.41) is 3.25. The number of hydrogen-bond donors (Lipinski definition) is 1. The largest absolute Gasteiger partial charge is 0.496 e. The summed E-state index contributed by atoms with van der Waals surface area (Å²) in [6, 6.07) is 6.81. The molecule has 0 aliphatic rings. The fourth-order valence-electron chi connectivity index (χ4n) is 1.51. The average molecular weight is 389 g/mol. The predicted molar refractivity (Wildman–Crippen MR) is 82.9 cm³/mol. The fraction of sp³-hybridized carbons (Fsp3) is 0.0769. The van der Waals surface area contributed by atoms with E-state index in [0.717, 1.165) is 3.57 Å². The van der Waals surface area contributed by atoms with Crippen LogP contribution in [0.5, 0.6) is 5.75 Å². The van der Waals surface area contributed by atoms with Gasteiger partial charge in [-0.05, 0) is 46.9 Å². The average Bonchev–Trinajstić information content (AvgIpc) is 2.42. The molecule has 0 radical (unpaired) electrons. The van der Waals surface area contributed by atoms with E-state index in [1.54, 1.807) is 36.7 Å². The van der Waals surface area contributed by atoms with Gasteiger partial charge >= 0.3 is 0 Å². The highest BCUT2D eigenvalue weighted by Gasteiger charge is 2.15. The Kier molecular flexibility index (Phi) is 4.60. The van der Waals surface area contributed by atoms with E-state index in [-0.39, 0.29) is 5.91 Å². The van der Waals surface area contributed by atoms with E-state index in [9.17, 15) is 4.79 Å². The molecule has 1 amide bonds. The summed E-state index contributed by atoms with van der Waals surface area (Å²) >= 11 is 8.12. The van der Waals surface area contributed by atoms with Gasteiger partial charge in [0.05, 0.1) is 29.6 Å². The van der Waals surface area contributed by atoms with E-state index in [4.69, 9.17) is 16.3 Å². The van der Waals surface area contributed by atoms with E-state index in [1.807, 2.05) is 0 Å². The summed E-state index contributed by atoms with van der Waals surface area (Å²) in [5.74, 6) is 0.193. The van der Waals surface area contributed by atoms with Crippen LogP contribution in [0.4, 0.5) is 5.69 Å². The predicted octanol–water partition coefficient (Wildman–Crippen LogP) is 3.60. The van der Waals surface area contributed by atoms with Crippen molar-refractivity contribution in [2.75, 3.05) is 12.4 Å². The second kappa shape index (κ2) is 6.21. The molecule has 19 heavy (non-hydrogen) atoms. The maximum absolute atomic E-state index is 12.2. The summed E-state index contributed by atoms with van der Waals surface area (Å²) in [6.45, 7) is 0. The lowest BCUT2D eigenvalue weighted by atomic mass is 10.2. The summed E-state index contributed by atoms with van der Waals surface area (Å²) < 4.78 is 6.03. The molecule has 2 rings (SSSR count). The molecule has 6 heteroatoms. The van der Waals surface area contributed by atoms with Crippen molar-refractivity contribution in [1.82, 2.24) is 4.98 Å². The minimum absolute atomic E-state index is 0.289. The molecule has 0 saturated carbocycles. The molecular formula is C13H10ClIN2O2. The quantitative estimate of drug-likeness (QED) is 0.818. The number of aromatic nitrogens is 1. The summed E-state index contributed by atoms with van der Waals surface area (Å²) in [5.41, 5.74) is 1.00. The van der Waals surface area contributed by atoms with Crippen molar-refractivity contribution in [3.63, 3.8) is 0 Å². The zero-order valence-corrected chi connectivity index (χ0v) is 12.9. The van der Waals surface area contributed by atoms with E-state index in [2.05, 4.69) is 32.9 Å². The number of nitrogens with zero attached hydrogens (tertiary/aromatic N) is 1. The number of methoxy groups -OCH3 is 1. The maximum Gasteiger partial charge on any atom is 0.259 e. The van der Waals surface area contributed by atoms with E-state index in [1.165, 1.54) is 7.11 Å². The molecule has 98 valence electrons. The second-order valence-corrected chi connectivity index (χ2v) is 5.23. The lowest BCUT2D eigenvalue weighted by molar-refractivity contribution is 0.102. The number of rotatable bonds is 3. The first-order valence-corrected chi connectivity index (χ1v) is 6.82. The normalized spacial score (nSPS) is 10.1. The summed E-state index contributed by atoms with van der Waals surface area (Å²) in [6.07, 6.45) is 3.21. The molecule has 0 bridgehead atoms. The van der Waals surface area contributed by atoms with Gasteiger partial charge in [-0.15, -0.1) is 0 Å². The molecule has 0 aliphatic heterocycles. The molecule has 4 nitrogen and oxygen atoms in total. The molecule has 0 fully saturated rings. The van der Waals surface area contributed by atoms with Crippen molar-refractivity contribution < 1.29 is 9.53 Å². The highest BCUT2D eigenvalue weighted by atomic mass is 127. The van der Waals surface area contributed by atoms with Gasteiger partial charge in [-0.2, -0.15) is 0 Å². The van der Waals surface area contributed by atoms with E-state index in [0.29, 0.717) is 22.0 Å². The number of nitrogens with one attached hydrogen (secondary N) is 1. The number of anilines is 1. The van der Waals surface area contributed by atoms with Crippen LogP contribution >= 0.6 is 34.2 Å². The fourth-order valence-corrected chi connectivity index (χ4v) is 2.11. The topological polar surface area (TPSA) is 51.2 Å². The number of pyridine rings is 1. The number of amides is 1. The van der Waals surface area contributed by atoms with Crippen LogP contribution in [0.1, 0.15) is 10.4 Å². The third-order valence-corrected chi connectivity index (χ3v) is 3.93. The Bertz CT molecular complexity index is 605. The lowest BCUT2D eigenvalue weighted by Crippen LogP contribution is -2.13. The number of carbonyl (C=O) groups excluding carboxylic acids is 1. The Morgan fingerprint density at radius 1 is 1.47 bits per heavy atom. The molecule has 1 N–H and O–H groups in total. The number of benzene rings is 1. The van der Waals surface area contributed by atoms with Gasteiger partial charge in [0.1, 0.15) is 5.75 Å². The minimum Gasteiger partial charge on any atom is -0.496 e. The van der Waals surface area contributed by atoms with Crippen LogP contribution in [-0.4, -0.2) is 18.0 Å². The summed E-state index contributed by atoms with van der Waals surface area (Å²) in [7, 11) is 1.51. The van der Waals surface area contributed by atoms with Crippen molar-refractivity contribution in [1.29, 1.82) is 0 Å². The smallest absolute Gasteiger partial charge is 0.259 e. The van der Waals surface area contributed by atoms with Crippen LogP contribution in [0, 0.1) is 3.57 Å². The third-order valence-electron chi connectivity index (χ3n) is 2.41. The lowest BCUT2D eigenvalue weighted by Gasteiger charge is -2.10. The van der Waals surface area contributed by atoms with Crippen molar-refractivity contribution in [2.24, 2.45) is 0 Å². The van der Waals surface area contributed by atoms with E-state index < -0.39 is 0 Å². The van der Waals surface area contributed by atoms with Gasteiger partial charge in [0.15, 0.2) is 0 Å². The number of hydrogen-bond acceptors (Lipinski definition) is 3. The zero-order valence-electron chi connectivity index (χ0n) is 9.98. The number of ether oxygens (including phenoxy) is 1. The first-order chi connectivity index (χ1) is 9.11. The molecule has 0 unspecified atom stereocenters. The molecule has 1 heterocycles. The maximum atomic E-state index is 12.2. The highest BCUT2D eigenvalue weighted by molar-refractivity contribution is 14.1. The summed E-state index contributed by atoms with van der Waals surface area (Å²) in [4.78, 5) is 16.1. The zero-order chi connectivity index (χ0) is 13.8. The Hall–Kier alpha value is -1.34.